The first-order valence-corrected chi connectivity index (χ1v) is 8.99. The molecule has 2 unspecified atom stereocenters. The zero-order valence-corrected chi connectivity index (χ0v) is 14.5. The lowest BCUT2D eigenvalue weighted by molar-refractivity contribution is -0.128. The predicted molar refractivity (Wildman–Crippen MR) is 98.9 cm³/mol. The summed E-state index contributed by atoms with van der Waals surface area (Å²) in [6, 6.07) is 12.6. The zero-order valence-electron chi connectivity index (χ0n) is 14.5. The summed E-state index contributed by atoms with van der Waals surface area (Å²) in [5.74, 6) is 3.10. The number of likely N-dealkylation sites (N-methyl/N-ethyl adjacent to an activating group) is 1. The topological polar surface area (TPSA) is 33.2 Å². The van der Waals surface area contributed by atoms with E-state index in [4.69, 9.17) is 6.42 Å². The molecule has 4 aliphatic rings. The molecular weight excluding hydrogens is 308 g/mol. The van der Waals surface area contributed by atoms with Crippen LogP contribution in [0.25, 0.3) is 11.1 Å². The first-order chi connectivity index (χ1) is 12.2. The molecule has 2 heterocycles. The fraction of sp³-hybridized carbons (Fsp3) is 0.364. The number of likely N-dealkylation sites (tertiary alicyclic amines) is 1. The number of hydrogen-bond acceptors (Lipinski definition) is 2. The molecule has 3 aliphatic carbocycles. The van der Waals surface area contributed by atoms with Gasteiger partial charge < -0.3 is 4.90 Å². The molecule has 1 aromatic rings. The fourth-order valence-electron chi connectivity index (χ4n) is 4.36. The molecule has 25 heavy (non-hydrogen) atoms. The number of terminal acetylenes is 1. The lowest BCUT2D eigenvalue weighted by atomic mass is 9.77. The molecule has 126 valence electrons. The Hall–Kier alpha value is -2.60. The minimum absolute atomic E-state index is 0.137. The minimum atomic E-state index is -0.137. The molecule has 1 aliphatic heterocycles. The highest BCUT2D eigenvalue weighted by Gasteiger charge is 2.48. The Morgan fingerprint density at radius 2 is 1.92 bits per heavy atom. The Kier molecular flexibility index (Phi) is 4.05. The number of fused-ring (bicyclic) bond motifs is 2. The van der Waals surface area contributed by atoms with Crippen molar-refractivity contribution in [3.8, 4) is 23.5 Å². The van der Waals surface area contributed by atoms with Crippen molar-refractivity contribution in [3.05, 3.63) is 53.9 Å². The zero-order chi connectivity index (χ0) is 17.4. The summed E-state index contributed by atoms with van der Waals surface area (Å²) in [6.07, 6.45) is 11.9. The minimum Gasteiger partial charge on any atom is -0.342 e. The van der Waals surface area contributed by atoms with Crippen molar-refractivity contribution in [2.75, 3.05) is 7.05 Å². The van der Waals surface area contributed by atoms with Gasteiger partial charge in [-0.25, -0.2) is 0 Å². The first-order valence-electron chi connectivity index (χ1n) is 8.99. The van der Waals surface area contributed by atoms with Crippen LogP contribution in [0, 0.1) is 18.3 Å². The fourth-order valence-corrected chi connectivity index (χ4v) is 4.36. The van der Waals surface area contributed by atoms with Gasteiger partial charge in [0.05, 0.1) is 11.6 Å². The smallest absolute Gasteiger partial charge is 0.232 e. The molecule has 0 radical (unpaired) electrons. The third-order valence-corrected chi connectivity index (χ3v) is 5.72. The Balaban J connectivity index is 0.000000217. The van der Waals surface area contributed by atoms with Crippen LogP contribution in [0.2, 0.25) is 0 Å². The first kappa shape index (κ1) is 15.9. The molecule has 0 N–H and O–H groups in total. The molecule has 3 atom stereocenters. The second-order valence-electron chi connectivity index (χ2n) is 7.10. The quantitative estimate of drug-likeness (QED) is 0.635. The van der Waals surface area contributed by atoms with Gasteiger partial charge in [-0.2, -0.15) is 0 Å². The van der Waals surface area contributed by atoms with Crippen LogP contribution in [-0.2, 0) is 4.79 Å². The maximum atomic E-state index is 12.6. The molecule has 5 rings (SSSR count). The molecule has 2 fully saturated rings. The second kappa shape index (κ2) is 6.37. The summed E-state index contributed by atoms with van der Waals surface area (Å²) >= 11 is 0. The lowest BCUT2D eigenvalue weighted by Gasteiger charge is -2.30. The van der Waals surface area contributed by atoms with Crippen LogP contribution in [0.15, 0.2) is 42.6 Å². The number of hydrogen-bond donors (Lipinski definition) is 0. The van der Waals surface area contributed by atoms with Gasteiger partial charge >= 0.3 is 0 Å². The molecule has 0 spiro atoms. The highest BCUT2D eigenvalue weighted by atomic mass is 16.2. The Morgan fingerprint density at radius 3 is 2.56 bits per heavy atom. The van der Waals surface area contributed by atoms with Gasteiger partial charge in [-0.3, -0.25) is 9.78 Å². The van der Waals surface area contributed by atoms with Crippen LogP contribution < -0.4 is 0 Å². The second-order valence-corrected chi connectivity index (χ2v) is 7.10. The molecule has 0 bridgehead atoms. The average molecular weight is 330 g/mol. The summed E-state index contributed by atoms with van der Waals surface area (Å²) in [5, 5.41) is 0. The van der Waals surface area contributed by atoms with E-state index in [1.54, 1.807) is 6.20 Å². The van der Waals surface area contributed by atoms with Crippen LogP contribution in [0.5, 0.6) is 0 Å². The summed E-state index contributed by atoms with van der Waals surface area (Å²) in [4.78, 5) is 18.9. The SMILES string of the molecule is C#Cc1cccnc1[C@H]1C(=O)N(C)C2CCCCC21.c1cc2cc-2c1. The van der Waals surface area contributed by atoms with Crippen molar-refractivity contribution >= 4 is 5.91 Å². The highest BCUT2D eigenvalue weighted by molar-refractivity contribution is 5.87. The van der Waals surface area contributed by atoms with Gasteiger partial charge in [-0.15, -0.1) is 6.42 Å². The van der Waals surface area contributed by atoms with Crippen LogP contribution in [-0.4, -0.2) is 28.9 Å². The number of benzene rings is 1. The average Bonchev–Trinajstić information content (AvgIpc) is 3.17. The van der Waals surface area contributed by atoms with Crippen molar-refractivity contribution in [1.82, 2.24) is 9.88 Å². The highest BCUT2D eigenvalue weighted by Crippen LogP contribution is 2.45. The number of rotatable bonds is 1. The maximum absolute atomic E-state index is 12.6. The van der Waals surface area contributed by atoms with Crippen molar-refractivity contribution in [2.24, 2.45) is 5.92 Å². The molecular formula is C22H22N2O. The Bertz CT molecular complexity index is 834. The van der Waals surface area contributed by atoms with E-state index in [0.29, 0.717) is 12.0 Å². The number of pyridine rings is 1. The number of carbonyl (C=O) groups excluding carboxylic acids is 1. The number of nitrogens with zero attached hydrogens (tertiary/aromatic N) is 2. The standard InChI is InChI=1S/C16H18N2O.C6H4/c1-3-11-7-6-10-17-15(11)14-12-8-4-5-9-13(12)18(2)16(14)19;1-2-5-4-6(5)3-1/h1,6-7,10,12-14H,4-5,8-9H2,2H3;1-4H/t12?,13?,14-;/m0./s1. The summed E-state index contributed by atoms with van der Waals surface area (Å²) in [5.41, 5.74) is 4.42. The van der Waals surface area contributed by atoms with Gasteiger partial charge in [0.2, 0.25) is 5.91 Å². The van der Waals surface area contributed by atoms with E-state index >= 15 is 0 Å². The van der Waals surface area contributed by atoms with E-state index in [9.17, 15) is 4.79 Å². The summed E-state index contributed by atoms with van der Waals surface area (Å²) < 4.78 is 0. The van der Waals surface area contributed by atoms with Crippen LogP contribution in [0.4, 0.5) is 0 Å². The summed E-state index contributed by atoms with van der Waals surface area (Å²) in [6.45, 7) is 0. The van der Waals surface area contributed by atoms with Crippen LogP contribution in [0.3, 0.4) is 0 Å². The van der Waals surface area contributed by atoms with E-state index in [2.05, 4.69) is 35.2 Å². The number of aromatic nitrogens is 1. The van der Waals surface area contributed by atoms with Gasteiger partial charge in [-0.1, -0.05) is 37.0 Å². The lowest BCUT2D eigenvalue weighted by Crippen LogP contribution is -2.33. The largest absolute Gasteiger partial charge is 0.342 e. The van der Waals surface area contributed by atoms with Crippen molar-refractivity contribution < 1.29 is 4.79 Å². The maximum Gasteiger partial charge on any atom is 0.232 e. The van der Waals surface area contributed by atoms with E-state index in [1.165, 1.54) is 24.0 Å². The normalized spacial score (nSPS) is 25.5. The van der Waals surface area contributed by atoms with Crippen molar-refractivity contribution in [3.63, 3.8) is 0 Å². The van der Waals surface area contributed by atoms with Gasteiger partial charge in [0, 0.05) is 24.8 Å². The van der Waals surface area contributed by atoms with Crippen LogP contribution >= 0.6 is 0 Å². The van der Waals surface area contributed by atoms with Crippen molar-refractivity contribution in [2.45, 2.75) is 37.6 Å². The molecule has 1 saturated carbocycles. The molecule has 3 heteroatoms. The number of carbonyl (C=O) groups is 1. The molecule has 3 nitrogen and oxygen atoms in total. The summed E-state index contributed by atoms with van der Waals surface area (Å²) in [7, 11) is 1.92. The van der Waals surface area contributed by atoms with E-state index in [0.717, 1.165) is 24.1 Å². The molecule has 1 saturated heterocycles. The number of amides is 1. The van der Waals surface area contributed by atoms with E-state index in [-0.39, 0.29) is 11.8 Å². The van der Waals surface area contributed by atoms with E-state index < -0.39 is 0 Å². The van der Waals surface area contributed by atoms with Gasteiger partial charge in [-0.05, 0) is 48.1 Å². The van der Waals surface area contributed by atoms with E-state index in [1.807, 2.05) is 24.1 Å². The Morgan fingerprint density at radius 1 is 1.16 bits per heavy atom. The molecule has 0 aromatic carbocycles. The third-order valence-electron chi connectivity index (χ3n) is 5.72. The molecule has 1 amide bonds. The van der Waals surface area contributed by atoms with Gasteiger partial charge in [0.1, 0.15) is 0 Å². The monoisotopic (exact) mass is 330 g/mol. The van der Waals surface area contributed by atoms with Gasteiger partial charge in [0.15, 0.2) is 0 Å². The predicted octanol–water partition coefficient (Wildman–Crippen LogP) is 3.84. The third kappa shape index (κ3) is 2.82. The Labute approximate surface area is 149 Å². The van der Waals surface area contributed by atoms with Crippen molar-refractivity contribution in [1.29, 1.82) is 0 Å². The van der Waals surface area contributed by atoms with Gasteiger partial charge in [0.25, 0.3) is 0 Å². The van der Waals surface area contributed by atoms with Crippen LogP contribution in [0.1, 0.15) is 42.9 Å². The molecule has 1 aromatic heterocycles.